The van der Waals surface area contributed by atoms with Crippen molar-refractivity contribution in [2.45, 2.75) is 13.0 Å². The number of nitrogens with two attached hydrogens (primary N) is 1. The van der Waals surface area contributed by atoms with Crippen LogP contribution in [0.5, 0.6) is 0 Å². The molecule has 0 aromatic heterocycles. The number of rotatable bonds is 3. The summed E-state index contributed by atoms with van der Waals surface area (Å²) < 4.78 is 25.4. The van der Waals surface area contributed by atoms with Gasteiger partial charge >= 0.3 is 0 Å². The fraction of sp³-hybridized carbons (Fsp3) is 0.333. The Kier molecular flexibility index (Phi) is 3.24. The molecule has 0 bridgehead atoms. The number of nitrogens with one attached hydrogen (secondary N) is 1. The van der Waals surface area contributed by atoms with Crippen LogP contribution >= 0.6 is 0 Å². The van der Waals surface area contributed by atoms with E-state index in [9.17, 15) is 8.78 Å². The smallest absolute Gasteiger partial charge is 0.161 e. The number of hydrogen-bond donors (Lipinski definition) is 3. The first-order chi connectivity index (χ1) is 6.50. The van der Waals surface area contributed by atoms with Crippen LogP contribution in [0.3, 0.4) is 0 Å². The Labute approximate surface area is 80.5 Å². The normalized spacial score (nSPS) is 12.6. The summed E-state index contributed by atoms with van der Waals surface area (Å²) >= 11 is 0. The molecule has 1 rings (SSSR count). The third-order valence-electron chi connectivity index (χ3n) is 1.68. The van der Waals surface area contributed by atoms with Crippen LogP contribution in [0.1, 0.15) is 6.92 Å². The van der Waals surface area contributed by atoms with Crippen LogP contribution < -0.4 is 11.1 Å². The van der Waals surface area contributed by atoms with Gasteiger partial charge in [-0.3, -0.25) is 0 Å². The molecule has 78 valence electrons. The summed E-state index contributed by atoms with van der Waals surface area (Å²) in [6.07, 6.45) is -0.581. The van der Waals surface area contributed by atoms with E-state index in [1.807, 2.05) is 0 Å². The molecule has 1 aromatic rings. The van der Waals surface area contributed by atoms with Gasteiger partial charge in [0.15, 0.2) is 11.6 Å². The number of aliphatic hydroxyl groups excluding tert-OH is 1. The van der Waals surface area contributed by atoms with E-state index in [2.05, 4.69) is 5.32 Å². The van der Waals surface area contributed by atoms with E-state index >= 15 is 0 Å². The van der Waals surface area contributed by atoms with E-state index in [1.54, 1.807) is 6.92 Å². The van der Waals surface area contributed by atoms with Crippen LogP contribution in [0.4, 0.5) is 20.2 Å². The van der Waals surface area contributed by atoms with Gasteiger partial charge in [-0.1, -0.05) is 0 Å². The van der Waals surface area contributed by atoms with Crippen molar-refractivity contribution >= 4 is 11.4 Å². The van der Waals surface area contributed by atoms with Crippen LogP contribution in [0, 0.1) is 11.6 Å². The molecule has 0 radical (unpaired) electrons. The largest absolute Gasteiger partial charge is 0.397 e. The van der Waals surface area contributed by atoms with Crippen LogP contribution in [-0.4, -0.2) is 17.8 Å². The molecule has 0 saturated carbocycles. The molecule has 14 heavy (non-hydrogen) atoms. The van der Waals surface area contributed by atoms with Gasteiger partial charge < -0.3 is 16.2 Å². The summed E-state index contributed by atoms with van der Waals surface area (Å²) in [6, 6.07) is 1.87. The van der Waals surface area contributed by atoms with E-state index in [1.165, 1.54) is 0 Å². The van der Waals surface area contributed by atoms with E-state index < -0.39 is 17.7 Å². The first-order valence-corrected chi connectivity index (χ1v) is 4.17. The summed E-state index contributed by atoms with van der Waals surface area (Å²) in [6.45, 7) is 1.80. The van der Waals surface area contributed by atoms with Crippen molar-refractivity contribution < 1.29 is 13.9 Å². The number of nitrogen functional groups attached to an aromatic ring is 1. The van der Waals surface area contributed by atoms with Crippen molar-refractivity contribution in [2.75, 3.05) is 17.6 Å². The average molecular weight is 202 g/mol. The molecule has 5 heteroatoms. The summed E-state index contributed by atoms with van der Waals surface area (Å²) in [5.41, 5.74) is 5.82. The predicted molar refractivity (Wildman–Crippen MR) is 50.9 cm³/mol. The minimum Gasteiger partial charge on any atom is -0.397 e. The average Bonchev–Trinajstić information content (AvgIpc) is 2.09. The maximum absolute atomic E-state index is 12.8. The van der Waals surface area contributed by atoms with Crippen molar-refractivity contribution in [1.29, 1.82) is 0 Å². The van der Waals surface area contributed by atoms with Gasteiger partial charge in [0.05, 0.1) is 17.5 Å². The standard InChI is InChI=1S/C9H12F2N2O/c1-5(14)4-13-9-3-7(11)6(10)2-8(9)12/h2-3,5,13-14H,4,12H2,1H3. The molecule has 1 atom stereocenters. The molecule has 0 heterocycles. The topological polar surface area (TPSA) is 58.3 Å². The van der Waals surface area contributed by atoms with Gasteiger partial charge in [-0.25, -0.2) is 8.78 Å². The second-order valence-electron chi connectivity index (χ2n) is 3.08. The Bertz CT molecular complexity index is 329. The van der Waals surface area contributed by atoms with E-state index in [0.29, 0.717) is 0 Å². The molecule has 4 N–H and O–H groups in total. The third kappa shape index (κ3) is 2.56. The van der Waals surface area contributed by atoms with Crippen LogP contribution in [0.15, 0.2) is 12.1 Å². The van der Waals surface area contributed by atoms with E-state index in [0.717, 1.165) is 12.1 Å². The fourth-order valence-corrected chi connectivity index (χ4v) is 0.973. The molecular weight excluding hydrogens is 190 g/mol. The maximum atomic E-state index is 12.8. The lowest BCUT2D eigenvalue weighted by Crippen LogP contribution is -2.16. The minimum atomic E-state index is -0.981. The van der Waals surface area contributed by atoms with Crippen LogP contribution in [-0.2, 0) is 0 Å². The number of halogens is 2. The zero-order valence-electron chi connectivity index (χ0n) is 7.72. The first kappa shape index (κ1) is 10.7. The number of anilines is 2. The fourth-order valence-electron chi connectivity index (χ4n) is 0.973. The van der Waals surface area contributed by atoms with E-state index in [4.69, 9.17) is 10.8 Å². The van der Waals surface area contributed by atoms with Crippen molar-refractivity contribution in [3.8, 4) is 0 Å². The number of aliphatic hydroxyl groups is 1. The maximum Gasteiger partial charge on any atom is 0.161 e. The van der Waals surface area contributed by atoms with Crippen molar-refractivity contribution in [1.82, 2.24) is 0 Å². The molecule has 1 unspecified atom stereocenters. The molecule has 0 aliphatic heterocycles. The summed E-state index contributed by atoms with van der Waals surface area (Å²) in [7, 11) is 0. The highest BCUT2D eigenvalue weighted by molar-refractivity contribution is 5.66. The van der Waals surface area contributed by atoms with Crippen molar-refractivity contribution in [3.63, 3.8) is 0 Å². The highest BCUT2D eigenvalue weighted by Crippen LogP contribution is 2.21. The summed E-state index contributed by atoms with van der Waals surface area (Å²) in [5.74, 6) is -1.95. The van der Waals surface area contributed by atoms with Crippen molar-refractivity contribution in [2.24, 2.45) is 0 Å². The molecule has 0 aliphatic carbocycles. The molecule has 0 fully saturated rings. The highest BCUT2D eigenvalue weighted by atomic mass is 19.2. The molecule has 0 spiro atoms. The molecular formula is C9H12F2N2O. The Hall–Kier alpha value is -1.36. The Balaban J connectivity index is 2.82. The Morgan fingerprint density at radius 3 is 2.57 bits per heavy atom. The predicted octanol–water partition coefficient (Wildman–Crippen LogP) is 1.34. The number of hydrogen-bond acceptors (Lipinski definition) is 3. The minimum absolute atomic E-state index is 0.115. The van der Waals surface area contributed by atoms with E-state index in [-0.39, 0.29) is 17.9 Å². The first-order valence-electron chi connectivity index (χ1n) is 4.17. The molecule has 3 nitrogen and oxygen atoms in total. The van der Waals surface area contributed by atoms with Gasteiger partial charge in [-0.05, 0) is 6.92 Å². The Morgan fingerprint density at radius 1 is 1.43 bits per heavy atom. The second kappa shape index (κ2) is 4.23. The monoisotopic (exact) mass is 202 g/mol. The third-order valence-corrected chi connectivity index (χ3v) is 1.68. The lowest BCUT2D eigenvalue weighted by molar-refractivity contribution is 0.208. The lowest BCUT2D eigenvalue weighted by atomic mass is 10.2. The summed E-state index contributed by atoms with van der Waals surface area (Å²) in [5, 5.41) is 11.7. The van der Waals surface area contributed by atoms with Gasteiger partial charge in [0.2, 0.25) is 0 Å². The van der Waals surface area contributed by atoms with Crippen LogP contribution in [0.25, 0.3) is 0 Å². The van der Waals surface area contributed by atoms with Crippen molar-refractivity contribution in [3.05, 3.63) is 23.8 Å². The molecule has 1 aromatic carbocycles. The zero-order chi connectivity index (χ0) is 10.7. The lowest BCUT2D eigenvalue weighted by Gasteiger charge is -2.11. The number of benzene rings is 1. The SMILES string of the molecule is CC(O)CNc1cc(F)c(F)cc1N. The van der Waals surface area contributed by atoms with Gasteiger partial charge in [0.25, 0.3) is 0 Å². The van der Waals surface area contributed by atoms with Crippen LogP contribution in [0.2, 0.25) is 0 Å². The summed E-state index contributed by atoms with van der Waals surface area (Å²) in [4.78, 5) is 0. The van der Waals surface area contributed by atoms with Gasteiger partial charge in [0, 0.05) is 18.7 Å². The second-order valence-corrected chi connectivity index (χ2v) is 3.08. The molecule has 0 aliphatic rings. The molecule has 0 saturated heterocycles. The zero-order valence-corrected chi connectivity index (χ0v) is 7.72. The quantitative estimate of drug-likeness (QED) is 0.648. The Morgan fingerprint density at radius 2 is 2.00 bits per heavy atom. The molecule has 0 amide bonds. The highest BCUT2D eigenvalue weighted by Gasteiger charge is 2.07. The van der Waals surface area contributed by atoms with Gasteiger partial charge in [-0.15, -0.1) is 0 Å². The van der Waals surface area contributed by atoms with Gasteiger partial charge in [0.1, 0.15) is 0 Å². The van der Waals surface area contributed by atoms with Gasteiger partial charge in [-0.2, -0.15) is 0 Å².